The highest BCUT2D eigenvalue weighted by atomic mass is 31.2. The maximum absolute atomic E-state index is 12.5. The molecule has 0 aliphatic carbocycles. The van der Waals surface area contributed by atoms with E-state index < -0.39 is 51.8 Å². The fraction of sp³-hybridized carbons (Fsp3) is 0.632. The van der Waals surface area contributed by atoms with Crippen molar-refractivity contribution >= 4 is 19.8 Å². The normalized spacial score (nSPS) is 15.0. The molecule has 0 aromatic heterocycles. The fourth-order valence-corrected chi connectivity index (χ4v) is 4.96. The molecule has 2 unspecified atom stereocenters. The minimum atomic E-state index is -4.64. The summed E-state index contributed by atoms with van der Waals surface area (Å²) >= 11 is 0. The second-order valence-electron chi connectivity index (χ2n) is 11.6. The first-order chi connectivity index (χ1) is 23.7. The molecular formula is C38H63O10P. The number of rotatable bonds is 32. The summed E-state index contributed by atoms with van der Waals surface area (Å²) in [6.07, 6.45) is 36.1. The van der Waals surface area contributed by atoms with E-state index in [1.807, 2.05) is 48.6 Å². The summed E-state index contributed by atoms with van der Waals surface area (Å²) in [4.78, 5) is 34.7. The van der Waals surface area contributed by atoms with Gasteiger partial charge in [0.25, 0.3) is 0 Å². The van der Waals surface area contributed by atoms with Crippen molar-refractivity contribution in [3.63, 3.8) is 0 Å². The Hall–Kier alpha value is -2.59. The van der Waals surface area contributed by atoms with Gasteiger partial charge in [0, 0.05) is 12.8 Å². The van der Waals surface area contributed by atoms with Crippen molar-refractivity contribution in [2.45, 2.75) is 129 Å². The van der Waals surface area contributed by atoms with Crippen LogP contribution in [0.2, 0.25) is 0 Å². The number of esters is 2. The molecule has 3 atom stereocenters. The lowest BCUT2D eigenvalue weighted by atomic mass is 10.1. The molecule has 0 saturated carbocycles. The monoisotopic (exact) mass is 710 g/mol. The van der Waals surface area contributed by atoms with E-state index in [-0.39, 0.29) is 19.4 Å². The Morgan fingerprint density at radius 3 is 1.94 bits per heavy atom. The molecule has 10 nitrogen and oxygen atoms in total. The summed E-state index contributed by atoms with van der Waals surface area (Å²) < 4.78 is 32.4. The molecule has 49 heavy (non-hydrogen) atoms. The molecule has 0 radical (unpaired) electrons. The lowest BCUT2D eigenvalue weighted by Crippen LogP contribution is -2.29. The number of phosphoric acid groups is 1. The largest absolute Gasteiger partial charge is 0.472 e. The number of carbonyl (C=O) groups is 2. The highest BCUT2D eigenvalue weighted by molar-refractivity contribution is 7.47. The molecule has 0 bridgehead atoms. The highest BCUT2D eigenvalue weighted by Gasteiger charge is 2.27. The van der Waals surface area contributed by atoms with Crippen LogP contribution in [0.25, 0.3) is 0 Å². The summed E-state index contributed by atoms with van der Waals surface area (Å²) in [5, 5.41) is 18.2. The van der Waals surface area contributed by atoms with Gasteiger partial charge in [-0.3, -0.25) is 18.6 Å². The van der Waals surface area contributed by atoms with Crippen LogP contribution in [0.5, 0.6) is 0 Å². The SMILES string of the molecule is CC/C=C/C=C/C=C/C=C/CCCCCC(=O)OCC(COP(=O)(O)OC[C@@H](O)CO)OC(=O)CC/C=C/C/C=C/CCCCCCCC. The van der Waals surface area contributed by atoms with Gasteiger partial charge >= 0.3 is 19.8 Å². The van der Waals surface area contributed by atoms with Crippen LogP contribution in [0.3, 0.4) is 0 Å². The predicted octanol–water partition coefficient (Wildman–Crippen LogP) is 8.55. The van der Waals surface area contributed by atoms with Gasteiger partial charge in [-0.05, 0) is 51.4 Å². The molecular weight excluding hydrogens is 647 g/mol. The molecule has 0 aliphatic heterocycles. The van der Waals surface area contributed by atoms with Crippen LogP contribution in [-0.2, 0) is 32.7 Å². The van der Waals surface area contributed by atoms with Gasteiger partial charge in [0.05, 0.1) is 19.8 Å². The van der Waals surface area contributed by atoms with E-state index in [0.29, 0.717) is 12.8 Å². The Kier molecular flexibility index (Phi) is 32.1. The van der Waals surface area contributed by atoms with E-state index in [1.54, 1.807) is 0 Å². The first-order valence-electron chi connectivity index (χ1n) is 17.9. The van der Waals surface area contributed by atoms with Crippen LogP contribution in [0.15, 0.2) is 72.9 Å². The van der Waals surface area contributed by atoms with E-state index >= 15 is 0 Å². The molecule has 0 amide bonds. The Bertz CT molecular complexity index is 1050. The average Bonchev–Trinajstić information content (AvgIpc) is 3.09. The number of hydrogen-bond donors (Lipinski definition) is 3. The van der Waals surface area contributed by atoms with Crippen molar-refractivity contribution < 1.29 is 47.8 Å². The third-order valence-corrected chi connectivity index (χ3v) is 7.90. The summed E-state index contributed by atoms with van der Waals surface area (Å²) in [5.74, 6) is -1.06. The summed E-state index contributed by atoms with van der Waals surface area (Å²) in [6, 6.07) is 0. The number of aliphatic hydroxyl groups excluding tert-OH is 2. The van der Waals surface area contributed by atoms with Crippen molar-refractivity contribution in [1.82, 2.24) is 0 Å². The molecule has 0 aliphatic rings. The van der Waals surface area contributed by atoms with Gasteiger partial charge in [-0.1, -0.05) is 125 Å². The van der Waals surface area contributed by atoms with E-state index in [9.17, 15) is 24.2 Å². The van der Waals surface area contributed by atoms with Crippen LogP contribution < -0.4 is 0 Å². The van der Waals surface area contributed by atoms with Crippen LogP contribution in [-0.4, -0.2) is 65.7 Å². The highest BCUT2D eigenvalue weighted by Crippen LogP contribution is 2.43. The lowest BCUT2D eigenvalue weighted by Gasteiger charge is -2.20. The molecule has 280 valence electrons. The zero-order valence-electron chi connectivity index (χ0n) is 29.9. The number of phosphoric ester groups is 1. The number of ether oxygens (including phenoxy) is 2. The molecule has 0 aromatic carbocycles. The van der Waals surface area contributed by atoms with E-state index in [4.69, 9.17) is 19.1 Å². The molecule has 0 rings (SSSR count). The van der Waals surface area contributed by atoms with Crippen LogP contribution in [0.1, 0.15) is 117 Å². The van der Waals surface area contributed by atoms with Crippen LogP contribution in [0, 0.1) is 0 Å². The third-order valence-electron chi connectivity index (χ3n) is 6.95. The maximum atomic E-state index is 12.5. The van der Waals surface area contributed by atoms with E-state index in [1.165, 1.54) is 38.5 Å². The standard InChI is InChI=1S/C38H63O10P/c1-3-5-7-9-11-13-15-17-19-21-23-25-27-29-37(41)45-33-36(34-47-49(43,44)46-32-35(40)31-39)48-38(42)30-28-26-24-22-20-18-16-14-12-10-8-6-4-2/h5,7,9,11,13,15,17-20,24,26,35-36,39-40H,3-4,6,8,10,12,14,16,21-23,25,27-34H2,1-2H3,(H,43,44)/b7-5+,11-9+,15-13+,19-17+,20-18+,26-24+/t35-,36?/m0/s1. The van der Waals surface area contributed by atoms with E-state index in [2.05, 4.69) is 42.7 Å². The van der Waals surface area contributed by atoms with E-state index in [0.717, 1.165) is 38.5 Å². The zero-order valence-corrected chi connectivity index (χ0v) is 30.8. The zero-order chi connectivity index (χ0) is 36.3. The Morgan fingerprint density at radius 1 is 0.653 bits per heavy atom. The Balaban J connectivity index is 4.58. The third kappa shape index (κ3) is 33.7. The molecule has 0 saturated heterocycles. The number of aliphatic hydroxyl groups is 2. The maximum Gasteiger partial charge on any atom is 0.472 e. The first kappa shape index (κ1) is 46.4. The molecule has 0 heterocycles. The molecule has 3 N–H and O–H groups in total. The van der Waals surface area contributed by atoms with Crippen molar-refractivity contribution in [2.75, 3.05) is 26.4 Å². The van der Waals surface area contributed by atoms with Gasteiger partial charge in [-0.15, -0.1) is 0 Å². The molecule has 0 aromatic rings. The fourth-order valence-electron chi connectivity index (χ4n) is 4.17. The van der Waals surface area contributed by atoms with Crippen molar-refractivity contribution in [3.05, 3.63) is 72.9 Å². The minimum absolute atomic E-state index is 0.0651. The first-order valence-corrected chi connectivity index (χ1v) is 19.4. The van der Waals surface area contributed by atoms with Crippen molar-refractivity contribution in [3.8, 4) is 0 Å². The van der Waals surface area contributed by atoms with Gasteiger partial charge in [-0.2, -0.15) is 0 Å². The Morgan fingerprint density at radius 2 is 1.24 bits per heavy atom. The average molecular weight is 711 g/mol. The van der Waals surface area contributed by atoms with Crippen molar-refractivity contribution in [2.24, 2.45) is 0 Å². The lowest BCUT2D eigenvalue weighted by molar-refractivity contribution is -0.161. The molecule has 0 spiro atoms. The number of hydrogen-bond acceptors (Lipinski definition) is 9. The number of allylic oxidation sites excluding steroid dienone is 12. The van der Waals surface area contributed by atoms with Crippen LogP contribution >= 0.6 is 7.82 Å². The molecule has 11 heteroatoms. The van der Waals surface area contributed by atoms with Gasteiger partial charge < -0.3 is 24.6 Å². The van der Waals surface area contributed by atoms with Gasteiger partial charge in [0.2, 0.25) is 0 Å². The van der Waals surface area contributed by atoms with Gasteiger partial charge in [0.15, 0.2) is 6.10 Å². The predicted molar refractivity (Wildman–Crippen MR) is 196 cm³/mol. The smallest absolute Gasteiger partial charge is 0.462 e. The second kappa shape index (κ2) is 33.9. The summed E-state index contributed by atoms with van der Waals surface area (Å²) in [5.41, 5.74) is 0. The summed E-state index contributed by atoms with van der Waals surface area (Å²) in [7, 11) is -4.64. The van der Waals surface area contributed by atoms with Gasteiger partial charge in [0.1, 0.15) is 12.7 Å². The second-order valence-corrected chi connectivity index (χ2v) is 13.1. The topological polar surface area (TPSA) is 149 Å². The summed E-state index contributed by atoms with van der Waals surface area (Å²) in [6.45, 7) is 2.07. The molecule has 0 fully saturated rings. The minimum Gasteiger partial charge on any atom is -0.462 e. The van der Waals surface area contributed by atoms with Crippen LogP contribution in [0.4, 0.5) is 0 Å². The number of unbranched alkanes of at least 4 members (excludes halogenated alkanes) is 9. The quantitative estimate of drug-likeness (QED) is 0.0204. The Labute approximate surface area is 295 Å². The van der Waals surface area contributed by atoms with Gasteiger partial charge in [-0.25, -0.2) is 4.57 Å². The van der Waals surface area contributed by atoms with Crippen molar-refractivity contribution in [1.29, 1.82) is 0 Å². The number of carbonyl (C=O) groups excluding carboxylic acids is 2.